The summed E-state index contributed by atoms with van der Waals surface area (Å²) in [5, 5.41) is 5.72. The van der Waals surface area contributed by atoms with Crippen LogP contribution < -0.4 is 10.6 Å². The van der Waals surface area contributed by atoms with Gasteiger partial charge in [0.25, 0.3) is 0 Å². The minimum absolute atomic E-state index is 0.133. The summed E-state index contributed by atoms with van der Waals surface area (Å²) in [6.45, 7) is 3.11. The third-order valence-electron chi connectivity index (χ3n) is 4.97. The Morgan fingerprint density at radius 2 is 1.71 bits per heavy atom. The Balaban J connectivity index is 1.45. The molecule has 0 aliphatic heterocycles. The van der Waals surface area contributed by atoms with Crippen LogP contribution in [0, 0.1) is 5.82 Å². The predicted octanol–water partition coefficient (Wildman–Crippen LogP) is 2.89. The molecule has 1 aliphatic rings. The number of halogens is 1. The number of likely N-dealkylation sites (N-methyl/N-ethyl adjacent to an activating group) is 1. The van der Waals surface area contributed by atoms with Gasteiger partial charge in [0, 0.05) is 12.2 Å². The highest BCUT2D eigenvalue weighted by molar-refractivity contribution is 5.92. The number of carbonyl (C=O) groups is 2. The fourth-order valence-electron chi connectivity index (χ4n) is 3.39. The summed E-state index contributed by atoms with van der Waals surface area (Å²) in [6.07, 6.45) is 3.35. The van der Waals surface area contributed by atoms with Gasteiger partial charge < -0.3 is 10.6 Å². The summed E-state index contributed by atoms with van der Waals surface area (Å²) in [5.41, 5.74) is 4.31. The maximum atomic E-state index is 12.9. The molecule has 0 unspecified atom stereocenters. The van der Waals surface area contributed by atoms with Crippen molar-refractivity contribution in [2.45, 2.75) is 32.7 Å². The Labute approximate surface area is 164 Å². The highest BCUT2D eigenvalue weighted by Gasteiger charge is 2.15. The first-order valence-electron chi connectivity index (χ1n) is 9.68. The first-order valence-corrected chi connectivity index (χ1v) is 9.68. The van der Waals surface area contributed by atoms with Crippen molar-refractivity contribution in [3.05, 3.63) is 65.0 Å². The molecule has 2 amide bonds. The number of aryl methyl sites for hydroxylation is 2. The van der Waals surface area contributed by atoms with E-state index < -0.39 is 0 Å². The summed E-state index contributed by atoms with van der Waals surface area (Å²) < 4.78 is 12.9. The molecule has 0 aromatic heterocycles. The normalized spacial score (nSPS) is 12.7. The lowest BCUT2D eigenvalue weighted by molar-refractivity contribution is -0.123. The lowest BCUT2D eigenvalue weighted by Gasteiger charge is -2.19. The van der Waals surface area contributed by atoms with Crippen molar-refractivity contribution in [3.63, 3.8) is 0 Å². The van der Waals surface area contributed by atoms with Gasteiger partial charge in [0.1, 0.15) is 5.82 Å². The van der Waals surface area contributed by atoms with Gasteiger partial charge in [-0.25, -0.2) is 4.39 Å². The van der Waals surface area contributed by atoms with E-state index in [1.54, 1.807) is 17.0 Å². The van der Waals surface area contributed by atoms with Gasteiger partial charge in [0.15, 0.2) is 0 Å². The second-order valence-electron chi connectivity index (χ2n) is 7.09. The van der Waals surface area contributed by atoms with Gasteiger partial charge in [-0.1, -0.05) is 25.1 Å². The van der Waals surface area contributed by atoms with Crippen LogP contribution in [0.25, 0.3) is 0 Å². The molecule has 6 heteroatoms. The van der Waals surface area contributed by atoms with Crippen molar-refractivity contribution in [1.82, 2.24) is 10.2 Å². The van der Waals surface area contributed by atoms with Crippen LogP contribution in [0.5, 0.6) is 0 Å². The van der Waals surface area contributed by atoms with E-state index in [0.717, 1.165) is 24.1 Å². The van der Waals surface area contributed by atoms with Gasteiger partial charge in [-0.2, -0.15) is 0 Å². The van der Waals surface area contributed by atoms with Crippen LogP contribution in [0.4, 0.5) is 10.1 Å². The Morgan fingerprint density at radius 1 is 1.00 bits per heavy atom. The average Bonchev–Trinajstić information content (AvgIpc) is 3.14. The molecule has 0 fully saturated rings. The molecule has 1 aliphatic carbocycles. The van der Waals surface area contributed by atoms with Crippen LogP contribution in [0.3, 0.4) is 0 Å². The molecule has 0 radical (unpaired) electrons. The van der Waals surface area contributed by atoms with E-state index in [4.69, 9.17) is 0 Å². The SMILES string of the molecule is CCN(CC(=O)NCc1ccc(F)cc1)CC(=O)Nc1ccc2c(c1)CCC2. The molecule has 2 aromatic rings. The number of hydrogen-bond donors (Lipinski definition) is 2. The van der Waals surface area contributed by atoms with Crippen molar-refractivity contribution in [1.29, 1.82) is 0 Å². The highest BCUT2D eigenvalue weighted by atomic mass is 19.1. The Kier molecular flexibility index (Phi) is 6.76. The van der Waals surface area contributed by atoms with Gasteiger partial charge in [-0.3, -0.25) is 14.5 Å². The average molecular weight is 383 g/mol. The quantitative estimate of drug-likeness (QED) is 0.737. The standard InChI is InChI=1S/C22H26FN3O2/c1-2-26(14-21(27)24-13-16-6-9-19(23)10-7-16)15-22(28)25-20-11-8-17-4-3-5-18(17)12-20/h6-12H,2-5,13-15H2,1H3,(H,24,27)(H,25,28). The lowest BCUT2D eigenvalue weighted by atomic mass is 10.1. The van der Waals surface area contributed by atoms with E-state index in [2.05, 4.69) is 16.7 Å². The number of amides is 2. The maximum Gasteiger partial charge on any atom is 0.238 e. The minimum Gasteiger partial charge on any atom is -0.351 e. The zero-order valence-electron chi connectivity index (χ0n) is 16.1. The van der Waals surface area contributed by atoms with Crippen LogP contribution in [0.15, 0.2) is 42.5 Å². The number of rotatable bonds is 8. The van der Waals surface area contributed by atoms with Crippen LogP contribution in [-0.4, -0.2) is 36.3 Å². The lowest BCUT2D eigenvalue weighted by Crippen LogP contribution is -2.40. The zero-order chi connectivity index (χ0) is 19.9. The molecule has 0 spiro atoms. The van der Waals surface area contributed by atoms with Crippen molar-refractivity contribution in [2.24, 2.45) is 0 Å². The van der Waals surface area contributed by atoms with Crippen molar-refractivity contribution < 1.29 is 14.0 Å². The topological polar surface area (TPSA) is 61.4 Å². The van der Waals surface area contributed by atoms with Gasteiger partial charge >= 0.3 is 0 Å². The molecule has 5 nitrogen and oxygen atoms in total. The van der Waals surface area contributed by atoms with Gasteiger partial charge in [-0.05, 0) is 66.8 Å². The Hall–Kier alpha value is -2.73. The molecule has 2 aromatic carbocycles. The molecular formula is C22H26FN3O2. The number of benzene rings is 2. The third kappa shape index (κ3) is 5.63. The smallest absolute Gasteiger partial charge is 0.238 e. The third-order valence-corrected chi connectivity index (χ3v) is 4.97. The van der Waals surface area contributed by atoms with Gasteiger partial charge in [-0.15, -0.1) is 0 Å². The second-order valence-corrected chi connectivity index (χ2v) is 7.09. The minimum atomic E-state index is -0.304. The van der Waals surface area contributed by atoms with E-state index in [-0.39, 0.29) is 30.7 Å². The molecule has 3 rings (SSSR count). The molecule has 2 N–H and O–H groups in total. The first kappa shape index (κ1) is 20.0. The van der Waals surface area contributed by atoms with Crippen molar-refractivity contribution in [2.75, 3.05) is 25.0 Å². The number of anilines is 1. The van der Waals surface area contributed by atoms with Crippen molar-refractivity contribution in [3.8, 4) is 0 Å². The monoisotopic (exact) mass is 383 g/mol. The Bertz CT molecular complexity index is 836. The zero-order valence-corrected chi connectivity index (χ0v) is 16.1. The second kappa shape index (κ2) is 9.46. The summed E-state index contributed by atoms with van der Waals surface area (Å²) in [5.74, 6) is -0.607. The van der Waals surface area contributed by atoms with E-state index in [0.29, 0.717) is 13.1 Å². The molecule has 0 saturated heterocycles. The summed E-state index contributed by atoms with van der Waals surface area (Å²) in [7, 11) is 0. The number of carbonyl (C=O) groups excluding carboxylic acids is 2. The van der Waals surface area contributed by atoms with Gasteiger partial charge in [0.2, 0.25) is 11.8 Å². The summed E-state index contributed by atoms with van der Waals surface area (Å²) in [6, 6.07) is 12.1. The molecule has 0 heterocycles. The van der Waals surface area contributed by atoms with E-state index in [1.807, 2.05) is 19.1 Å². The fraction of sp³-hybridized carbons (Fsp3) is 0.364. The first-order chi connectivity index (χ1) is 13.5. The fourth-order valence-corrected chi connectivity index (χ4v) is 3.39. The highest BCUT2D eigenvalue weighted by Crippen LogP contribution is 2.24. The molecule has 0 saturated carbocycles. The van der Waals surface area contributed by atoms with E-state index in [1.165, 1.54) is 29.7 Å². The van der Waals surface area contributed by atoms with Gasteiger partial charge in [0.05, 0.1) is 13.1 Å². The van der Waals surface area contributed by atoms with E-state index >= 15 is 0 Å². The molecule has 148 valence electrons. The number of nitrogens with one attached hydrogen (secondary N) is 2. The summed E-state index contributed by atoms with van der Waals surface area (Å²) >= 11 is 0. The number of hydrogen-bond acceptors (Lipinski definition) is 3. The molecule has 0 bridgehead atoms. The van der Waals surface area contributed by atoms with Crippen molar-refractivity contribution >= 4 is 17.5 Å². The molecule has 0 atom stereocenters. The van der Waals surface area contributed by atoms with Crippen LogP contribution >= 0.6 is 0 Å². The van der Waals surface area contributed by atoms with Crippen LogP contribution in [0.2, 0.25) is 0 Å². The number of nitrogens with zero attached hydrogens (tertiary/aromatic N) is 1. The largest absolute Gasteiger partial charge is 0.351 e. The Morgan fingerprint density at radius 3 is 2.46 bits per heavy atom. The van der Waals surface area contributed by atoms with Crippen LogP contribution in [-0.2, 0) is 29.0 Å². The summed E-state index contributed by atoms with van der Waals surface area (Å²) in [4.78, 5) is 26.3. The molecular weight excluding hydrogens is 357 g/mol. The molecule has 28 heavy (non-hydrogen) atoms. The maximum absolute atomic E-state index is 12.9. The van der Waals surface area contributed by atoms with E-state index in [9.17, 15) is 14.0 Å². The number of fused-ring (bicyclic) bond motifs is 1. The van der Waals surface area contributed by atoms with Crippen LogP contribution in [0.1, 0.15) is 30.0 Å². The predicted molar refractivity (Wildman–Crippen MR) is 107 cm³/mol.